The summed E-state index contributed by atoms with van der Waals surface area (Å²) in [5, 5.41) is 12.1. The van der Waals surface area contributed by atoms with Crippen molar-refractivity contribution >= 4 is 50.7 Å². The fraction of sp³-hybridized carbons (Fsp3) is 0.258. The van der Waals surface area contributed by atoms with Crippen molar-refractivity contribution < 1.29 is 41.0 Å². The second kappa shape index (κ2) is 14.0. The Labute approximate surface area is 279 Å². The molecule has 5 rings (SSSR count). The monoisotopic (exact) mass is 706 g/mol. The second-order valence-corrected chi connectivity index (χ2v) is 13.0. The van der Waals surface area contributed by atoms with Gasteiger partial charge in [-0.05, 0) is 42.8 Å². The number of rotatable bonds is 11. The van der Waals surface area contributed by atoms with E-state index in [1.165, 1.54) is 50.4 Å². The van der Waals surface area contributed by atoms with Gasteiger partial charge in [0, 0.05) is 37.8 Å². The van der Waals surface area contributed by atoms with E-state index >= 15 is 4.39 Å². The van der Waals surface area contributed by atoms with Crippen molar-refractivity contribution in [1.82, 2.24) is 14.9 Å². The molecule has 0 aliphatic carbocycles. The molecule has 1 aliphatic rings. The third-order valence-corrected chi connectivity index (χ3v) is 9.86. The predicted octanol–water partition coefficient (Wildman–Crippen LogP) is 5.89. The van der Waals surface area contributed by atoms with Crippen molar-refractivity contribution in [2.45, 2.75) is 23.9 Å². The lowest BCUT2D eigenvalue weighted by atomic mass is 10.2. The number of hydrogen-bond donors (Lipinski definition) is 2. The van der Waals surface area contributed by atoms with Crippen molar-refractivity contribution in [2.24, 2.45) is 0 Å². The van der Waals surface area contributed by atoms with Gasteiger partial charge in [0.2, 0.25) is 5.95 Å². The largest absolute Gasteiger partial charge is 0.497 e. The molecule has 1 amide bonds. The first-order valence-corrected chi connectivity index (χ1v) is 16.1. The van der Waals surface area contributed by atoms with Crippen LogP contribution in [0.5, 0.6) is 11.5 Å². The molecule has 1 saturated heterocycles. The van der Waals surface area contributed by atoms with Crippen LogP contribution in [-0.2, 0) is 16.6 Å². The molecule has 254 valence electrons. The normalized spacial score (nSPS) is 14.5. The number of ether oxygens (including phenoxy) is 2. The number of nitrogens with zero attached hydrogens (tertiary/aromatic N) is 5. The van der Waals surface area contributed by atoms with Crippen LogP contribution >= 0.6 is 11.6 Å². The molecule has 0 bridgehead atoms. The zero-order chi connectivity index (χ0) is 34.7. The van der Waals surface area contributed by atoms with Gasteiger partial charge in [-0.2, -0.15) is 0 Å². The van der Waals surface area contributed by atoms with E-state index in [0.717, 1.165) is 24.5 Å². The Morgan fingerprint density at radius 1 is 1.04 bits per heavy atom. The first kappa shape index (κ1) is 34.4. The van der Waals surface area contributed by atoms with Gasteiger partial charge in [0.1, 0.15) is 28.0 Å². The molecule has 17 heteroatoms. The van der Waals surface area contributed by atoms with Crippen molar-refractivity contribution in [3.63, 3.8) is 0 Å². The number of hydrogen-bond acceptors (Lipinski definition) is 9. The molecular weight excluding hydrogens is 677 g/mol. The SMILES string of the molecule is COc1ccc(CN(c2ncc(F)cn2)S(=O)(=O)c2cc(Cl)c(Nc3ccc(F)cc3N3CCC(N(C)C(=O)O)C3)cc2F)c(OC)c1. The van der Waals surface area contributed by atoms with Gasteiger partial charge in [0.15, 0.2) is 5.82 Å². The Hall–Kier alpha value is -4.96. The fourth-order valence-electron chi connectivity index (χ4n) is 5.23. The van der Waals surface area contributed by atoms with E-state index < -0.39 is 51.0 Å². The molecule has 1 aliphatic heterocycles. The average Bonchev–Trinajstić information content (AvgIpc) is 3.56. The average molecular weight is 707 g/mol. The van der Waals surface area contributed by atoms with Gasteiger partial charge in [-0.15, -0.1) is 0 Å². The maximum Gasteiger partial charge on any atom is 0.407 e. The minimum Gasteiger partial charge on any atom is -0.497 e. The van der Waals surface area contributed by atoms with E-state index in [1.807, 2.05) is 0 Å². The Bertz CT molecular complexity index is 1940. The van der Waals surface area contributed by atoms with Gasteiger partial charge in [-0.3, -0.25) is 0 Å². The standard InChI is InChI=1S/C31H30ClF3N6O6S/c1-39(31(42)43)21-8-9-40(17-21)27-10-19(33)5-7-25(27)38-26-13-24(35)29(12-23(26)32)48(44,45)41(30-36-14-20(34)15-37-30)16-18-4-6-22(46-2)11-28(18)47-3/h4-7,10-15,21,38H,8-9,16-17H2,1-3H3,(H,42,43). The number of carbonyl (C=O) groups is 1. The van der Waals surface area contributed by atoms with Crippen molar-refractivity contribution in [1.29, 1.82) is 0 Å². The van der Waals surface area contributed by atoms with E-state index in [-0.39, 0.29) is 29.0 Å². The van der Waals surface area contributed by atoms with Crippen molar-refractivity contribution in [3.8, 4) is 11.5 Å². The van der Waals surface area contributed by atoms with Gasteiger partial charge >= 0.3 is 6.09 Å². The number of carboxylic acid groups (broad SMARTS) is 1. The molecular formula is C31H30ClF3N6O6S. The molecule has 2 N–H and O–H groups in total. The highest BCUT2D eigenvalue weighted by Crippen LogP contribution is 2.38. The molecule has 1 fully saturated rings. The number of benzene rings is 3. The summed E-state index contributed by atoms with van der Waals surface area (Å²) >= 11 is 6.53. The van der Waals surface area contributed by atoms with E-state index in [0.29, 0.717) is 40.0 Å². The number of halogens is 4. The second-order valence-electron chi connectivity index (χ2n) is 10.7. The maximum atomic E-state index is 15.9. The molecule has 1 aromatic heterocycles. The molecule has 12 nitrogen and oxygen atoms in total. The number of anilines is 4. The molecule has 4 aromatic rings. The lowest BCUT2D eigenvalue weighted by Crippen LogP contribution is -2.38. The Morgan fingerprint density at radius 3 is 2.44 bits per heavy atom. The van der Waals surface area contributed by atoms with Gasteiger partial charge in [0.05, 0.1) is 61.3 Å². The van der Waals surface area contributed by atoms with Crippen LogP contribution < -0.4 is 24.0 Å². The maximum absolute atomic E-state index is 15.9. The summed E-state index contributed by atoms with van der Waals surface area (Å²) in [6.07, 6.45) is 0.950. The van der Waals surface area contributed by atoms with Crippen LogP contribution in [0.1, 0.15) is 12.0 Å². The molecule has 1 unspecified atom stereocenters. The molecule has 0 radical (unpaired) electrons. The predicted molar refractivity (Wildman–Crippen MR) is 172 cm³/mol. The first-order valence-electron chi connectivity index (χ1n) is 14.3. The lowest BCUT2D eigenvalue weighted by Gasteiger charge is -2.26. The number of likely N-dealkylation sites (N-methyl/N-ethyl adjacent to an activating group) is 1. The number of aromatic nitrogens is 2. The minimum absolute atomic E-state index is 0.0271. The van der Waals surface area contributed by atoms with Crippen LogP contribution in [0.15, 0.2) is 65.8 Å². The van der Waals surface area contributed by atoms with Gasteiger partial charge < -0.3 is 29.7 Å². The molecule has 0 saturated carbocycles. The van der Waals surface area contributed by atoms with Gasteiger partial charge in [-0.1, -0.05) is 11.6 Å². The number of amides is 1. The van der Waals surface area contributed by atoms with E-state index in [1.54, 1.807) is 17.0 Å². The first-order chi connectivity index (χ1) is 22.8. The molecule has 48 heavy (non-hydrogen) atoms. The zero-order valence-electron chi connectivity index (χ0n) is 25.8. The van der Waals surface area contributed by atoms with Crippen molar-refractivity contribution in [3.05, 3.63) is 89.0 Å². The highest BCUT2D eigenvalue weighted by molar-refractivity contribution is 7.92. The lowest BCUT2D eigenvalue weighted by molar-refractivity contribution is 0.142. The summed E-state index contributed by atoms with van der Waals surface area (Å²) in [6.45, 7) is 0.255. The number of methoxy groups -OCH3 is 2. The van der Waals surface area contributed by atoms with Crippen LogP contribution in [0.2, 0.25) is 5.02 Å². The molecule has 3 aromatic carbocycles. The summed E-state index contributed by atoms with van der Waals surface area (Å²) in [6, 6.07) is 9.94. The summed E-state index contributed by atoms with van der Waals surface area (Å²) in [4.78, 5) is 21.2. The van der Waals surface area contributed by atoms with Gasteiger partial charge in [-0.25, -0.2) is 40.7 Å². The van der Waals surface area contributed by atoms with E-state index in [2.05, 4.69) is 15.3 Å². The third-order valence-electron chi connectivity index (χ3n) is 7.81. The number of sulfonamides is 1. The van der Waals surface area contributed by atoms with Crippen LogP contribution in [-0.4, -0.2) is 74.9 Å². The Kier molecular flexibility index (Phi) is 10.0. The minimum atomic E-state index is -4.80. The Morgan fingerprint density at radius 2 is 1.77 bits per heavy atom. The molecule has 0 spiro atoms. The third kappa shape index (κ3) is 7.13. The fourth-order valence-corrected chi connectivity index (χ4v) is 6.93. The topological polar surface area (TPSA) is 137 Å². The zero-order valence-corrected chi connectivity index (χ0v) is 27.4. The van der Waals surface area contributed by atoms with Gasteiger partial charge in [0.25, 0.3) is 10.0 Å². The summed E-state index contributed by atoms with van der Waals surface area (Å²) in [7, 11) is -0.519. The molecule has 1 atom stereocenters. The van der Waals surface area contributed by atoms with E-state index in [4.69, 9.17) is 21.1 Å². The number of nitrogens with one attached hydrogen (secondary N) is 1. The quantitative estimate of drug-likeness (QED) is 0.194. The summed E-state index contributed by atoms with van der Waals surface area (Å²) in [5.41, 5.74) is 1.00. The van der Waals surface area contributed by atoms with Crippen LogP contribution in [0.25, 0.3) is 0 Å². The smallest absolute Gasteiger partial charge is 0.407 e. The van der Waals surface area contributed by atoms with Crippen LogP contribution in [0, 0.1) is 17.5 Å². The van der Waals surface area contributed by atoms with Crippen LogP contribution in [0.3, 0.4) is 0 Å². The molecule has 2 heterocycles. The van der Waals surface area contributed by atoms with Crippen LogP contribution in [0.4, 0.5) is 41.0 Å². The van der Waals surface area contributed by atoms with Crippen molar-refractivity contribution in [2.75, 3.05) is 48.9 Å². The highest BCUT2D eigenvalue weighted by atomic mass is 35.5. The highest BCUT2D eigenvalue weighted by Gasteiger charge is 2.33. The Balaban J connectivity index is 1.49. The summed E-state index contributed by atoms with van der Waals surface area (Å²) < 4.78 is 83.4. The van der Waals surface area contributed by atoms with E-state index in [9.17, 15) is 27.1 Å². The summed E-state index contributed by atoms with van der Waals surface area (Å²) in [5.74, 6) is -2.32.